The molecule has 3 aromatic carbocycles. The van der Waals surface area contributed by atoms with Gasteiger partial charge in [-0.1, -0.05) is 30.3 Å². The molecule has 0 aliphatic carbocycles. The van der Waals surface area contributed by atoms with Gasteiger partial charge in [0.15, 0.2) is 0 Å². The Balaban J connectivity index is 1.58. The number of carbonyl (C=O) groups is 2. The number of ether oxygens (including phenoxy) is 1. The Morgan fingerprint density at radius 2 is 1.53 bits per heavy atom. The first-order valence-electron chi connectivity index (χ1n) is 10.2. The first-order chi connectivity index (χ1) is 15.4. The summed E-state index contributed by atoms with van der Waals surface area (Å²) in [6, 6.07) is 19.3. The second-order valence-corrected chi connectivity index (χ2v) is 7.35. The number of hydrogen-bond donors (Lipinski definition) is 3. The van der Waals surface area contributed by atoms with E-state index < -0.39 is 6.04 Å². The minimum atomic E-state index is -0.557. The quantitative estimate of drug-likeness (QED) is 0.476. The molecular weight excluding hydrogens is 409 g/mol. The first-order valence-corrected chi connectivity index (χ1v) is 10.2. The normalized spacial score (nSPS) is 12.5. The fourth-order valence-corrected chi connectivity index (χ4v) is 3.26. The van der Waals surface area contributed by atoms with Crippen molar-refractivity contribution in [3.63, 3.8) is 0 Å². The van der Waals surface area contributed by atoms with Crippen molar-refractivity contribution in [3.8, 4) is 5.75 Å². The molecule has 166 valence electrons. The molecule has 0 heterocycles. The van der Waals surface area contributed by atoms with Gasteiger partial charge in [-0.3, -0.25) is 14.9 Å². The van der Waals surface area contributed by atoms with Crippen LogP contribution in [0, 0.1) is 5.82 Å². The number of anilines is 2. The van der Waals surface area contributed by atoms with Crippen molar-refractivity contribution in [1.82, 2.24) is 5.32 Å². The Morgan fingerprint density at radius 3 is 2.22 bits per heavy atom. The van der Waals surface area contributed by atoms with Crippen LogP contribution in [0.25, 0.3) is 0 Å². The molecule has 0 aliphatic rings. The second kappa shape index (κ2) is 10.5. The number of halogens is 1. The number of rotatable bonds is 8. The highest BCUT2D eigenvalue weighted by Gasteiger charge is 2.18. The molecule has 3 rings (SSSR count). The van der Waals surface area contributed by atoms with Gasteiger partial charge in [0, 0.05) is 22.9 Å². The number of nitrogens with one attached hydrogen (secondary N) is 3. The molecule has 6 nitrogen and oxygen atoms in total. The van der Waals surface area contributed by atoms with E-state index in [1.807, 2.05) is 6.07 Å². The lowest BCUT2D eigenvalue weighted by Gasteiger charge is -2.20. The minimum Gasteiger partial charge on any atom is -0.495 e. The van der Waals surface area contributed by atoms with E-state index in [0.717, 1.165) is 0 Å². The summed E-state index contributed by atoms with van der Waals surface area (Å²) in [5.74, 6) is -0.307. The van der Waals surface area contributed by atoms with Gasteiger partial charge in [0.25, 0.3) is 5.91 Å². The molecule has 3 N–H and O–H groups in total. The number of methoxy groups -OCH3 is 1. The third-order valence-electron chi connectivity index (χ3n) is 5.03. The van der Waals surface area contributed by atoms with Gasteiger partial charge in [-0.25, -0.2) is 4.39 Å². The lowest BCUT2D eigenvalue weighted by Crippen LogP contribution is -2.39. The molecular formula is C25H26FN3O3. The molecule has 3 aromatic rings. The molecule has 0 bridgehead atoms. The Bertz CT molecular complexity index is 1090. The van der Waals surface area contributed by atoms with Gasteiger partial charge in [-0.05, 0) is 56.3 Å². The molecule has 0 aliphatic heterocycles. The van der Waals surface area contributed by atoms with E-state index in [2.05, 4.69) is 16.0 Å². The van der Waals surface area contributed by atoms with Gasteiger partial charge in [-0.15, -0.1) is 0 Å². The highest BCUT2D eigenvalue weighted by molar-refractivity contribution is 6.05. The van der Waals surface area contributed by atoms with E-state index in [4.69, 9.17) is 4.74 Å². The lowest BCUT2D eigenvalue weighted by atomic mass is 10.1. The number of hydrogen-bond acceptors (Lipinski definition) is 4. The zero-order chi connectivity index (χ0) is 23.1. The van der Waals surface area contributed by atoms with Gasteiger partial charge in [0.05, 0.1) is 18.8 Å². The lowest BCUT2D eigenvalue weighted by molar-refractivity contribution is -0.117. The molecule has 2 amide bonds. The van der Waals surface area contributed by atoms with Crippen molar-refractivity contribution in [2.45, 2.75) is 25.9 Å². The molecule has 0 unspecified atom stereocenters. The standard InChI is InChI=1S/C25H26FN3O3/c1-16(20-8-4-5-9-21(20)26)27-17(2)24(30)28-19-14-12-18(13-15-19)25(31)29-22-10-6-7-11-23(22)32-3/h4-17,27H,1-3H3,(H,28,30)(H,29,31)/t16-,17+/m0/s1. The number of benzene rings is 3. The van der Waals surface area contributed by atoms with Crippen LogP contribution in [-0.2, 0) is 4.79 Å². The van der Waals surface area contributed by atoms with Gasteiger partial charge in [0.2, 0.25) is 5.91 Å². The van der Waals surface area contributed by atoms with E-state index in [-0.39, 0.29) is 23.7 Å². The highest BCUT2D eigenvalue weighted by atomic mass is 19.1. The molecule has 0 aromatic heterocycles. The SMILES string of the molecule is COc1ccccc1NC(=O)c1ccc(NC(=O)[C@@H](C)N[C@@H](C)c2ccccc2F)cc1. The maximum absolute atomic E-state index is 13.9. The van der Waals surface area contributed by atoms with Crippen LogP contribution in [0.1, 0.15) is 35.8 Å². The fraction of sp³-hybridized carbons (Fsp3) is 0.200. The van der Waals surface area contributed by atoms with Crippen molar-refractivity contribution in [1.29, 1.82) is 0 Å². The van der Waals surface area contributed by atoms with Crippen molar-refractivity contribution < 1.29 is 18.7 Å². The maximum atomic E-state index is 13.9. The van der Waals surface area contributed by atoms with E-state index in [9.17, 15) is 14.0 Å². The summed E-state index contributed by atoms with van der Waals surface area (Å²) in [4.78, 5) is 25.0. The zero-order valence-electron chi connectivity index (χ0n) is 18.2. The van der Waals surface area contributed by atoms with E-state index in [1.165, 1.54) is 13.2 Å². The highest BCUT2D eigenvalue weighted by Crippen LogP contribution is 2.24. The summed E-state index contributed by atoms with van der Waals surface area (Å²) in [6.07, 6.45) is 0. The van der Waals surface area contributed by atoms with Gasteiger partial charge in [0.1, 0.15) is 11.6 Å². The van der Waals surface area contributed by atoms with E-state index in [1.54, 1.807) is 74.5 Å². The molecule has 32 heavy (non-hydrogen) atoms. The average molecular weight is 435 g/mol. The Hall–Kier alpha value is -3.71. The summed E-state index contributed by atoms with van der Waals surface area (Å²) < 4.78 is 19.2. The fourth-order valence-electron chi connectivity index (χ4n) is 3.26. The van der Waals surface area contributed by atoms with Gasteiger partial charge in [-0.2, -0.15) is 0 Å². The monoisotopic (exact) mass is 435 g/mol. The van der Waals surface area contributed by atoms with Crippen LogP contribution < -0.4 is 20.7 Å². The third-order valence-corrected chi connectivity index (χ3v) is 5.03. The van der Waals surface area contributed by atoms with Crippen LogP contribution in [0.4, 0.5) is 15.8 Å². The Labute approximate surface area is 186 Å². The van der Waals surface area contributed by atoms with Crippen LogP contribution in [0.15, 0.2) is 72.8 Å². The second-order valence-electron chi connectivity index (χ2n) is 7.35. The molecule has 0 saturated carbocycles. The number of amides is 2. The molecule has 0 fully saturated rings. The van der Waals surface area contributed by atoms with Crippen LogP contribution in [0.5, 0.6) is 5.75 Å². The van der Waals surface area contributed by atoms with Crippen LogP contribution >= 0.6 is 0 Å². The zero-order valence-corrected chi connectivity index (χ0v) is 18.2. The van der Waals surface area contributed by atoms with Gasteiger partial charge < -0.3 is 15.4 Å². The molecule has 0 radical (unpaired) electrons. The van der Waals surface area contributed by atoms with Crippen molar-refractivity contribution in [2.75, 3.05) is 17.7 Å². The van der Waals surface area contributed by atoms with Crippen LogP contribution in [0.2, 0.25) is 0 Å². The van der Waals surface area contributed by atoms with Gasteiger partial charge >= 0.3 is 0 Å². The summed E-state index contributed by atoms with van der Waals surface area (Å²) in [5, 5.41) is 8.70. The summed E-state index contributed by atoms with van der Waals surface area (Å²) >= 11 is 0. The third kappa shape index (κ3) is 5.70. The van der Waals surface area contributed by atoms with Crippen molar-refractivity contribution >= 4 is 23.2 Å². The predicted octanol–water partition coefficient (Wildman–Crippen LogP) is 4.76. The molecule has 2 atom stereocenters. The smallest absolute Gasteiger partial charge is 0.255 e. The van der Waals surface area contributed by atoms with Crippen LogP contribution in [0.3, 0.4) is 0 Å². The summed E-state index contributed by atoms with van der Waals surface area (Å²) in [7, 11) is 1.54. The van der Waals surface area contributed by atoms with E-state index >= 15 is 0 Å². The summed E-state index contributed by atoms with van der Waals surface area (Å²) in [5.41, 5.74) is 2.06. The largest absolute Gasteiger partial charge is 0.495 e. The maximum Gasteiger partial charge on any atom is 0.255 e. The number of carbonyl (C=O) groups excluding carboxylic acids is 2. The molecule has 0 spiro atoms. The van der Waals surface area contributed by atoms with Crippen LogP contribution in [-0.4, -0.2) is 25.0 Å². The Kier molecular flexibility index (Phi) is 7.57. The Morgan fingerprint density at radius 1 is 0.875 bits per heavy atom. The van der Waals surface area contributed by atoms with Crippen molar-refractivity contribution in [3.05, 3.63) is 89.7 Å². The first kappa shape index (κ1) is 23.0. The van der Waals surface area contributed by atoms with E-state index in [0.29, 0.717) is 28.3 Å². The van der Waals surface area contributed by atoms with Crippen molar-refractivity contribution in [2.24, 2.45) is 0 Å². The average Bonchev–Trinajstić information content (AvgIpc) is 2.80. The predicted molar refractivity (Wildman–Crippen MR) is 123 cm³/mol. The molecule has 7 heteroatoms. The topological polar surface area (TPSA) is 79.5 Å². The number of para-hydroxylation sites is 2. The minimum absolute atomic E-state index is 0.264. The molecule has 0 saturated heterocycles. The summed E-state index contributed by atoms with van der Waals surface area (Å²) in [6.45, 7) is 3.51.